The summed E-state index contributed by atoms with van der Waals surface area (Å²) in [4.78, 5) is 14.4. The highest BCUT2D eigenvalue weighted by atomic mass is 79.9. The lowest BCUT2D eigenvalue weighted by atomic mass is 10.1. The Hall–Kier alpha value is -1.69. The molecule has 0 bridgehead atoms. The van der Waals surface area contributed by atoms with Gasteiger partial charge in [-0.15, -0.1) is 0 Å². The third-order valence-electron chi connectivity index (χ3n) is 1.95. The van der Waals surface area contributed by atoms with Crippen LogP contribution in [0.2, 0.25) is 0 Å². The van der Waals surface area contributed by atoms with Gasteiger partial charge in [0, 0.05) is 5.56 Å². The van der Waals surface area contributed by atoms with Gasteiger partial charge in [-0.1, -0.05) is 0 Å². The van der Waals surface area contributed by atoms with Crippen LogP contribution in [0.25, 0.3) is 11.3 Å². The van der Waals surface area contributed by atoms with Gasteiger partial charge in [-0.05, 0) is 34.1 Å². The second-order valence-electron chi connectivity index (χ2n) is 2.96. The zero-order valence-electron chi connectivity index (χ0n) is 7.78. The number of aromatic nitrogens is 1. The van der Waals surface area contributed by atoms with E-state index in [-0.39, 0.29) is 15.9 Å². The summed E-state index contributed by atoms with van der Waals surface area (Å²) in [7, 11) is 0. The van der Waals surface area contributed by atoms with Crippen molar-refractivity contribution in [3.63, 3.8) is 0 Å². The average molecular weight is 286 g/mol. The number of rotatable bonds is 2. The van der Waals surface area contributed by atoms with Crippen LogP contribution in [0.4, 0.5) is 4.39 Å². The molecule has 0 amide bonds. The maximum atomic E-state index is 13.0. The molecule has 0 radical (unpaired) electrons. The molecule has 0 aliphatic rings. The Morgan fingerprint density at radius 1 is 1.50 bits per heavy atom. The molecule has 0 saturated carbocycles. The van der Waals surface area contributed by atoms with Gasteiger partial charge in [-0.3, -0.25) is 0 Å². The molecule has 0 unspecified atom stereocenters. The standard InChI is InChI=1S/C10H5BrFNO3/c11-6-3-5(1-2-7(6)12)9-8(10(14)15)13-4-16-9/h1-4H,(H,14,15). The van der Waals surface area contributed by atoms with Crippen LogP contribution in [-0.2, 0) is 0 Å². The van der Waals surface area contributed by atoms with E-state index in [0.29, 0.717) is 5.56 Å². The van der Waals surface area contributed by atoms with Crippen molar-refractivity contribution in [1.82, 2.24) is 4.98 Å². The smallest absolute Gasteiger partial charge is 0.358 e. The Bertz CT molecular complexity index is 553. The first-order valence-electron chi connectivity index (χ1n) is 4.22. The van der Waals surface area contributed by atoms with Crippen molar-refractivity contribution in [2.24, 2.45) is 0 Å². The Labute approximate surface area is 97.9 Å². The van der Waals surface area contributed by atoms with Gasteiger partial charge in [-0.2, -0.15) is 0 Å². The fraction of sp³-hybridized carbons (Fsp3) is 0. The SMILES string of the molecule is O=C(O)c1ncoc1-c1ccc(F)c(Br)c1. The van der Waals surface area contributed by atoms with Crippen LogP contribution in [0.5, 0.6) is 0 Å². The van der Waals surface area contributed by atoms with E-state index in [0.717, 1.165) is 6.39 Å². The van der Waals surface area contributed by atoms with Crippen LogP contribution >= 0.6 is 15.9 Å². The van der Waals surface area contributed by atoms with Gasteiger partial charge < -0.3 is 9.52 Å². The maximum Gasteiger partial charge on any atom is 0.358 e. The first-order chi connectivity index (χ1) is 7.59. The van der Waals surface area contributed by atoms with Crippen molar-refractivity contribution in [3.8, 4) is 11.3 Å². The molecule has 6 heteroatoms. The molecule has 4 nitrogen and oxygen atoms in total. The van der Waals surface area contributed by atoms with Gasteiger partial charge in [0.15, 0.2) is 17.8 Å². The number of benzene rings is 1. The molecule has 1 aromatic heterocycles. The monoisotopic (exact) mass is 285 g/mol. The highest BCUT2D eigenvalue weighted by Gasteiger charge is 2.17. The molecule has 2 rings (SSSR count). The van der Waals surface area contributed by atoms with Gasteiger partial charge in [-0.25, -0.2) is 14.2 Å². The first-order valence-corrected chi connectivity index (χ1v) is 5.01. The summed E-state index contributed by atoms with van der Waals surface area (Å²) in [5.41, 5.74) is 0.252. The summed E-state index contributed by atoms with van der Waals surface area (Å²) in [5, 5.41) is 8.83. The van der Waals surface area contributed by atoms with Crippen molar-refractivity contribution >= 4 is 21.9 Å². The molecule has 0 fully saturated rings. The lowest BCUT2D eigenvalue weighted by molar-refractivity contribution is 0.0691. The lowest BCUT2D eigenvalue weighted by Crippen LogP contribution is -1.98. The third kappa shape index (κ3) is 1.83. The van der Waals surface area contributed by atoms with E-state index in [2.05, 4.69) is 20.9 Å². The molecule has 1 N–H and O–H groups in total. The Morgan fingerprint density at radius 3 is 2.88 bits per heavy atom. The van der Waals surface area contributed by atoms with Crippen molar-refractivity contribution < 1.29 is 18.7 Å². The van der Waals surface area contributed by atoms with Gasteiger partial charge in [0.25, 0.3) is 0 Å². The van der Waals surface area contributed by atoms with E-state index in [1.807, 2.05) is 0 Å². The molecule has 0 aliphatic heterocycles. The van der Waals surface area contributed by atoms with E-state index < -0.39 is 11.8 Å². The van der Waals surface area contributed by atoms with Crippen molar-refractivity contribution in [3.05, 3.63) is 40.6 Å². The van der Waals surface area contributed by atoms with Gasteiger partial charge in [0.1, 0.15) is 5.82 Å². The normalized spacial score (nSPS) is 10.4. The zero-order valence-corrected chi connectivity index (χ0v) is 9.36. The Kier molecular flexibility index (Phi) is 2.74. The summed E-state index contributed by atoms with van der Waals surface area (Å²) < 4.78 is 18.2. The molecular formula is C10H5BrFNO3. The number of nitrogens with zero attached hydrogens (tertiary/aromatic N) is 1. The van der Waals surface area contributed by atoms with Crippen LogP contribution in [0, 0.1) is 5.82 Å². The van der Waals surface area contributed by atoms with Crippen LogP contribution in [0.3, 0.4) is 0 Å². The average Bonchev–Trinajstić information content (AvgIpc) is 2.71. The number of carbonyl (C=O) groups is 1. The fourth-order valence-electron chi connectivity index (χ4n) is 1.24. The number of aromatic carboxylic acids is 1. The minimum atomic E-state index is -1.19. The van der Waals surface area contributed by atoms with E-state index >= 15 is 0 Å². The summed E-state index contributed by atoms with van der Waals surface area (Å²) in [5.74, 6) is -1.52. The first kappa shape index (κ1) is 10.8. The van der Waals surface area contributed by atoms with Crippen LogP contribution in [0.15, 0.2) is 33.5 Å². The van der Waals surface area contributed by atoms with E-state index in [4.69, 9.17) is 9.52 Å². The number of carboxylic acid groups (broad SMARTS) is 1. The predicted molar refractivity (Wildman–Crippen MR) is 56.6 cm³/mol. The molecule has 0 spiro atoms. The number of carboxylic acids is 1. The highest BCUT2D eigenvalue weighted by Crippen LogP contribution is 2.27. The zero-order chi connectivity index (χ0) is 11.7. The van der Waals surface area contributed by atoms with E-state index in [9.17, 15) is 9.18 Å². The maximum absolute atomic E-state index is 13.0. The van der Waals surface area contributed by atoms with Crippen molar-refractivity contribution in [2.75, 3.05) is 0 Å². The molecule has 0 atom stereocenters. The molecular weight excluding hydrogens is 281 g/mol. The molecule has 0 saturated heterocycles. The largest absolute Gasteiger partial charge is 0.476 e. The quantitative estimate of drug-likeness (QED) is 0.921. The van der Waals surface area contributed by atoms with Crippen LogP contribution in [0.1, 0.15) is 10.5 Å². The number of oxazole rings is 1. The van der Waals surface area contributed by atoms with Gasteiger partial charge in [0.05, 0.1) is 4.47 Å². The Balaban J connectivity index is 2.54. The minimum absolute atomic E-state index is 0.105. The lowest BCUT2D eigenvalue weighted by Gasteiger charge is -1.99. The number of hydrogen-bond donors (Lipinski definition) is 1. The van der Waals surface area contributed by atoms with Crippen molar-refractivity contribution in [2.45, 2.75) is 0 Å². The summed E-state index contributed by atoms with van der Waals surface area (Å²) >= 11 is 3.01. The highest BCUT2D eigenvalue weighted by molar-refractivity contribution is 9.10. The second-order valence-corrected chi connectivity index (χ2v) is 3.82. The number of hydrogen-bond acceptors (Lipinski definition) is 3. The van der Waals surface area contributed by atoms with Gasteiger partial charge >= 0.3 is 5.97 Å². The summed E-state index contributed by atoms with van der Waals surface area (Å²) in [6.07, 6.45) is 1.04. The Morgan fingerprint density at radius 2 is 2.25 bits per heavy atom. The molecule has 0 aliphatic carbocycles. The van der Waals surface area contributed by atoms with Crippen LogP contribution in [-0.4, -0.2) is 16.1 Å². The minimum Gasteiger partial charge on any atom is -0.476 e. The van der Waals surface area contributed by atoms with Gasteiger partial charge in [0.2, 0.25) is 0 Å². The molecule has 16 heavy (non-hydrogen) atoms. The molecule has 1 aromatic carbocycles. The third-order valence-corrected chi connectivity index (χ3v) is 2.56. The second kappa shape index (κ2) is 4.05. The van der Waals surface area contributed by atoms with E-state index in [1.165, 1.54) is 18.2 Å². The molecule has 1 heterocycles. The molecule has 2 aromatic rings. The predicted octanol–water partition coefficient (Wildman–Crippen LogP) is 2.94. The molecule has 82 valence electrons. The fourth-order valence-corrected chi connectivity index (χ4v) is 1.62. The summed E-state index contributed by atoms with van der Waals surface area (Å²) in [6.45, 7) is 0. The van der Waals surface area contributed by atoms with Crippen molar-refractivity contribution in [1.29, 1.82) is 0 Å². The summed E-state index contributed by atoms with van der Waals surface area (Å²) in [6, 6.07) is 4.07. The topological polar surface area (TPSA) is 63.3 Å². The van der Waals surface area contributed by atoms with Crippen LogP contribution < -0.4 is 0 Å². The number of halogens is 2. The van der Waals surface area contributed by atoms with E-state index in [1.54, 1.807) is 0 Å².